The van der Waals surface area contributed by atoms with E-state index in [-0.39, 0.29) is 11.5 Å². The lowest BCUT2D eigenvalue weighted by Gasteiger charge is -2.50. The molecule has 0 heterocycles. The van der Waals surface area contributed by atoms with Gasteiger partial charge in [-0.05, 0) is 19.3 Å². The van der Waals surface area contributed by atoms with Crippen LogP contribution < -0.4 is 5.32 Å². The van der Waals surface area contributed by atoms with Crippen LogP contribution in [0.4, 0.5) is 0 Å². The first-order valence-electron chi connectivity index (χ1n) is 6.08. The molecule has 3 N–H and O–H groups in total. The first-order chi connectivity index (χ1) is 6.94. The highest BCUT2D eigenvalue weighted by Gasteiger charge is 2.47. The molecule has 0 radical (unpaired) electrons. The Morgan fingerprint density at radius 2 is 1.87 bits per heavy atom. The van der Waals surface area contributed by atoms with Crippen molar-refractivity contribution in [2.45, 2.75) is 63.7 Å². The van der Waals surface area contributed by atoms with E-state index in [9.17, 15) is 10.2 Å². The van der Waals surface area contributed by atoms with Gasteiger partial charge < -0.3 is 15.5 Å². The normalized spacial score (nSPS) is 37.6. The van der Waals surface area contributed by atoms with E-state index in [4.69, 9.17) is 0 Å². The van der Waals surface area contributed by atoms with Crippen molar-refractivity contribution in [2.24, 2.45) is 5.41 Å². The van der Waals surface area contributed by atoms with Crippen molar-refractivity contribution in [1.82, 2.24) is 5.32 Å². The molecule has 2 rings (SSSR count). The Morgan fingerprint density at radius 3 is 2.33 bits per heavy atom. The van der Waals surface area contributed by atoms with E-state index >= 15 is 0 Å². The molecule has 2 unspecified atom stereocenters. The quantitative estimate of drug-likeness (QED) is 0.656. The SMILES string of the molecule is CC1(C)C(O)CC1NCC1(O)CCCC1. The summed E-state index contributed by atoms with van der Waals surface area (Å²) in [6.07, 6.45) is 4.78. The van der Waals surface area contributed by atoms with E-state index in [1.165, 1.54) is 0 Å². The van der Waals surface area contributed by atoms with Gasteiger partial charge in [0.2, 0.25) is 0 Å². The number of rotatable bonds is 3. The Kier molecular flexibility index (Phi) is 2.82. The van der Waals surface area contributed by atoms with Crippen LogP contribution in [0.25, 0.3) is 0 Å². The smallest absolute Gasteiger partial charge is 0.0771 e. The molecule has 0 aromatic carbocycles. The van der Waals surface area contributed by atoms with Crippen LogP contribution >= 0.6 is 0 Å². The fourth-order valence-electron chi connectivity index (χ4n) is 2.77. The summed E-state index contributed by atoms with van der Waals surface area (Å²) in [4.78, 5) is 0. The van der Waals surface area contributed by atoms with Gasteiger partial charge >= 0.3 is 0 Å². The maximum absolute atomic E-state index is 10.2. The number of aliphatic hydroxyl groups is 2. The molecule has 0 aromatic heterocycles. The third-order valence-electron chi connectivity index (χ3n) is 4.43. The summed E-state index contributed by atoms with van der Waals surface area (Å²) in [6.45, 7) is 4.85. The van der Waals surface area contributed by atoms with Crippen LogP contribution in [0, 0.1) is 5.41 Å². The zero-order valence-electron chi connectivity index (χ0n) is 9.79. The van der Waals surface area contributed by atoms with Crippen LogP contribution in [0.3, 0.4) is 0 Å². The molecule has 2 saturated carbocycles. The van der Waals surface area contributed by atoms with Crippen LogP contribution in [0.15, 0.2) is 0 Å². The maximum atomic E-state index is 10.2. The Hall–Kier alpha value is -0.120. The van der Waals surface area contributed by atoms with Crippen molar-refractivity contribution in [1.29, 1.82) is 0 Å². The third kappa shape index (κ3) is 2.05. The van der Waals surface area contributed by atoms with Crippen molar-refractivity contribution in [3.63, 3.8) is 0 Å². The summed E-state index contributed by atoms with van der Waals surface area (Å²) in [7, 11) is 0. The molecule has 2 aliphatic rings. The second-order valence-corrected chi connectivity index (χ2v) is 5.94. The highest BCUT2D eigenvalue weighted by molar-refractivity contribution is 5.02. The summed E-state index contributed by atoms with van der Waals surface area (Å²) in [6, 6.07) is 0.358. The molecule has 0 saturated heterocycles. The van der Waals surface area contributed by atoms with Crippen LogP contribution in [-0.4, -0.2) is 34.5 Å². The Bertz CT molecular complexity index is 234. The van der Waals surface area contributed by atoms with Gasteiger partial charge in [0.05, 0.1) is 11.7 Å². The maximum Gasteiger partial charge on any atom is 0.0771 e. The van der Waals surface area contributed by atoms with E-state index in [0.29, 0.717) is 12.6 Å². The molecule has 2 fully saturated rings. The van der Waals surface area contributed by atoms with E-state index in [1.54, 1.807) is 0 Å². The molecule has 15 heavy (non-hydrogen) atoms. The minimum atomic E-state index is -0.476. The van der Waals surface area contributed by atoms with Crippen molar-refractivity contribution < 1.29 is 10.2 Å². The molecule has 0 aromatic rings. The largest absolute Gasteiger partial charge is 0.392 e. The summed E-state index contributed by atoms with van der Waals surface area (Å²) in [5.41, 5.74) is -0.508. The van der Waals surface area contributed by atoms with Gasteiger partial charge in [-0.2, -0.15) is 0 Å². The predicted octanol–water partition coefficient (Wildman–Crippen LogP) is 1.04. The number of aliphatic hydroxyl groups excluding tert-OH is 1. The number of hydrogen-bond acceptors (Lipinski definition) is 3. The topological polar surface area (TPSA) is 52.5 Å². The van der Waals surface area contributed by atoms with Gasteiger partial charge in [-0.1, -0.05) is 26.7 Å². The zero-order chi connectivity index (χ0) is 11.1. The summed E-state index contributed by atoms with van der Waals surface area (Å²) < 4.78 is 0. The zero-order valence-corrected chi connectivity index (χ0v) is 9.79. The molecule has 2 atom stereocenters. The van der Waals surface area contributed by atoms with Gasteiger partial charge in [0.15, 0.2) is 0 Å². The number of hydrogen-bond donors (Lipinski definition) is 3. The average molecular weight is 213 g/mol. The Balaban J connectivity index is 1.79. The molecule has 3 heteroatoms. The predicted molar refractivity (Wildman–Crippen MR) is 59.6 cm³/mol. The molecule has 2 aliphatic carbocycles. The monoisotopic (exact) mass is 213 g/mol. The van der Waals surface area contributed by atoms with Crippen LogP contribution in [0.1, 0.15) is 46.0 Å². The van der Waals surface area contributed by atoms with Gasteiger partial charge in [-0.3, -0.25) is 0 Å². The van der Waals surface area contributed by atoms with Crippen molar-refractivity contribution >= 4 is 0 Å². The third-order valence-corrected chi connectivity index (χ3v) is 4.43. The standard InChI is InChI=1S/C12H23NO2/c1-11(2)9(7-10(11)14)13-8-12(15)5-3-4-6-12/h9-10,13-15H,3-8H2,1-2H3. The fraction of sp³-hybridized carbons (Fsp3) is 1.00. The Labute approximate surface area is 91.9 Å². The van der Waals surface area contributed by atoms with Crippen molar-refractivity contribution in [2.75, 3.05) is 6.54 Å². The number of nitrogens with one attached hydrogen (secondary N) is 1. The van der Waals surface area contributed by atoms with Crippen molar-refractivity contribution in [3.8, 4) is 0 Å². The highest BCUT2D eigenvalue weighted by Crippen LogP contribution is 2.41. The molecule has 0 spiro atoms. The minimum Gasteiger partial charge on any atom is -0.392 e. The first-order valence-corrected chi connectivity index (χ1v) is 6.08. The van der Waals surface area contributed by atoms with E-state index in [2.05, 4.69) is 19.2 Å². The van der Waals surface area contributed by atoms with Gasteiger partial charge in [-0.25, -0.2) is 0 Å². The van der Waals surface area contributed by atoms with Gasteiger partial charge in [0.1, 0.15) is 0 Å². The van der Waals surface area contributed by atoms with Crippen LogP contribution in [0.5, 0.6) is 0 Å². The lowest BCUT2D eigenvalue weighted by Crippen LogP contribution is -2.61. The lowest BCUT2D eigenvalue weighted by molar-refractivity contribution is -0.0797. The lowest BCUT2D eigenvalue weighted by atomic mass is 9.64. The fourth-order valence-corrected chi connectivity index (χ4v) is 2.77. The van der Waals surface area contributed by atoms with Gasteiger partial charge in [0, 0.05) is 18.0 Å². The molecular weight excluding hydrogens is 190 g/mol. The van der Waals surface area contributed by atoms with Crippen LogP contribution in [-0.2, 0) is 0 Å². The van der Waals surface area contributed by atoms with Gasteiger partial charge in [-0.15, -0.1) is 0 Å². The second kappa shape index (κ2) is 3.72. The molecule has 0 aliphatic heterocycles. The molecule has 3 nitrogen and oxygen atoms in total. The van der Waals surface area contributed by atoms with E-state index < -0.39 is 5.60 Å². The summed E-state index contributed by atoms with van der Waals surface area (Å²) in [5.74, 6) is 0. The van der Waals surface area contributed by atoms with Crippen molar-refractivity contribution in [3.05, 3.63) is 0 Å². The van der Waals surface area contributed by atoms with Gasteiger partial charge in [0.25, 0.3) is 0 Å². The molecule has 0 bridgehead atoms. The minimum absolute atomic E-state index is 0.0328. The first kappa shape index (κ1) is 11.4. The van der Waals surface area contributed by atoms with E-state index in [1.807, 2.05) is 0 Å². The second-order valence-electron chi connectivity index (χ2n) is 5.94. The molecular formula is C12H23NO2. The average Bonchev–Trinajstić information content (AvgIpc) is 2.60. The van der Waals surface area contributed by atoms with Crippen LogP contribution in [0.2, 0.25) is 0 Å². The summed E-state index contributed by atoms with van der Waals surface area (Å²) in [5, 5.41) is 23.2. The molecule has 88 valence electrons. The Morgan fingerprint density at radius 1 is 1.27 bits per heavy atom. The molecule has 0 amide bonds. The van der Waals surface area contributed by atoms with E-state index in [0.717, 1.165) is 32.1 Å². The highest BCUT2D eigenvalue weighted by atomic mass is 16.3. The summed E-state index contributed by atoms with van der Waals surface area (Å²) >= 11 is 0.